The molecule has 6 heteroatoms. The van der Waals surface area contributed by atoms with Gasteiger partial charge in [0, 0.05) is 19.1 Å². The fourth-order valence-electron chi connectivity index (χ4n) is 1.12. The first-order valence-corrected chi connectivity index (χ1v) is 5.20. The lowest BCUT2D eigenvalue weighted by molar-refractivity contribution is -0.146. The van der Waals surface area contributed by atoms with Crippen molar-refractivity contribution in [3.8, 4) is 0 Å². The third-order valence-corrected chi connectivity index (χ3v) is 1.88. The molecule has 18 heavy (non-hydrogen) atoms. The highest BCUT2D eigenvalue weighted by molar-refractivity contribution is 5.82. The van der Waals surface area contributed by atoms with E-state index < -0.39 is 17.5 Å². The Balaban J connectivity index is 4.55. The highest BCUT2D eigenvalue weighted by atomic mass is 16.5. The molecule has 0 aromatic carbocycles. The van der Waals surface area contributed by atoms with E-state index in [0.29, 0.717) is 0 Å². The molecule has 0 spiro atoms. The Hall–Kier alpha value is -2.11. The molecule has 0 saturated carbocycles. The van der Waals surface area contributed by atoms with Gasteiger partial charge in [-0.3, -0.25) is 4.79 Å². The Bertz CT molecular complexity index is 337. The molecule has 100 valence electrons. The van der Waals surface area contributed by atoms with Crippen LogP contribution in [0.5, 0.6) is 0 Å². The molecule has 0 rings (SSSR count). The zero-order valence-electron chi connectivity index (χ0n) is 10.5. The van der Waals surface area contributed by atoms with Gasteiger partial charge in [-0.05, 0) is 6.92 Å². The van der Waals surface area contributed by atoms with E-state index in [9.17, 15) is 14.4 Å². The molecule has 0 aliphatic heterocycles. The largest absolute Gasteiger partial charge is 0.460 e. The van der Waals surface area contributed by atoms with E-state index >= 15 is 0 Å². The van der Waals surface area contributed by atoms with Gasteiger partial charge < -0.3 is 14.8 Å². The van der Waals surface area contributed by atoms with Crippen molar-refractivity contribution in [3.63, 3.8) is 0 Å². The van der Waals surface area contributed by atoms with Crippen LogP contribution in [0.3, 0.4) is 0 Å². The predicted molar refractivity (Wildman–Crippen MR) is 64.5 cm³/mol. The summed E-state index contributed by atoms with van der Waals surface area (Å²) in [5.74, 6) is -1.58. The zero-order valence-corrected chi connectivity index (χ0v) is 10.5. The second-order valence-corrected chi connectivity index (χ2v) is 3.87. The Morgan fingerprint density at radius 3 is 1.78 bits per heavy atom. The van der Waals surface area contributed by atoms with Crippen molar-refractivity contribution < 1.29 is 23.9 Å². The van der Waals surface area contributed by atoms with Crippen molar-refractivity contribution in [1.82, 2.24) is 5.32 Å². The van der Waals surface area contributed by atoms with Gasteiger partial charge >= 0.3 is 11.9 Å². The van der Waals surface area contributed by atoms with Gasteiger partial charge in [-0.15, -0.1) is 0 Å². The van der Waals surface area contributed by atoms with Crippen LogP contribution >= 0.6 is 0 Å². The maximum Gasteiger partial charge on any atom is 0.330 e. The second-order valence-electron chi connectivity index (χ2n) is 3.87. The van der Waals surface area contributed by atoms with Gasteiger partial charge in [-0.2, -0.15) is 0 Å². The molecular formula is C12H17NO5. The van der Waals surface area contributed by atoms with Crippen molar-refractivity contribution in [2.45, 2.75) is 19.4 Å². The maximum atomic E-state index is 11.1. The van der Waals surface area contributed by atoms with E-state index in [2.05, 4.69) is 18.5 Å². The fraction of sp³-hybridized carbons (Fsp3) is 0.417. The molecule has 6 nitrogen and oxygen atoms in total. The summed E-state index contributed by atoms with van der Waals surface area (Å²) in [6, 6.07) is 0. The molecule has 1 amide bonds. The van der Waals surface area contributed by atoms with Gasteiger partial charge in [0.1, 0.15) is 18.8 Å². The van der Waals surface area contributed by atoms with E-state index in [4.69, 9.17) is 9.47 Å². The molecule has 0 heterocycles. The van der Waals surface area contributed by atoms with Crippen LogP contribution in [0, 0.1) is 0 Å². The van der Waals surface area contributed by atoms with E-state index in [1.807, 2.05) is 0 Å². The average molecular weight is 255 g/mol. The summed E-state index contributed by atoms with van der Waals surface area (Å²) in [6.45, 7) is 9.12. The molecule has 0 atom stereocenters. The van der Waals surface area contributed by atoms with Crippen LogP contribution in [0.4, 0.5) is 0 Å². The van der Waals surface area contributed by atoms with Gasteiger partial charge in [-0.25, -0.2) is 9.59 Å². The topological polar surface area (TPSA) is 81.7 Å². The highest BCUT2D eigenvalue weighted by Crippen LogP contribution is 2.06. The Morgan fingerprint density at radius 2 is 1.50 bits per heavy atom. The minimum Gasteiger partial charge on any atom is -0.460 e. The number of hydrogen-bond acceptors (Lipinski definition) is 5. The number of nitrogens with one attached hydrogen (secondary N) is 1. The molecule has 0 unspecified atom stereocenters. The first kappa shape index (κ1) is 15.9. The number of rotatable bonds is 7. The smallest absolute Gasteiger partial charge is 0.330 e. The first-order valence-electron chi connectivity index (χ1n) is 5.20. The SMILES string of the molecule is C=CC(=O)OCC(C)(COC(=O)C=C)NC(C)=O. The van der Waals surface area contributed by atoms with E-state index in [1.54, 1.807) is 6.92 Å². The molecule has 0 aliphatic rings. The predicted octanol–water partition coefficient (Wildman–Crippen LogP) is 0.340. The number of hydrogen-bond donors (Lipinski definition) is 1. The van der Waals surface area contributed by atoms with Crippen LogP contribution in [0.25, 0.3) is 0 Å². The van der Waals surface area contributed by atoms with E-state index in [1.165, 1.54) is 6.92 Å². The lowest BCUT2D eigenvalue weighted by Gasteiger charge is -2.28. The summed E-state index contributed by atoms with van der Waals surface area (Å²) in [7, 11) is 0. The van der Waals surface area contributed by atoms with Crippen LogP contribution in [-0.4, -0.2) is 36.6 Å². The highest BCUT2D eigenvalue weighted by Gasteiger charge is 2.28. The van der Waals surface area contributed by atoms with Gasteiger partial charge in [-0.1, -0.05) is 13.2 Å². The molecular weight excluding hydrogens is 238 g/mol. The average Bonchev–Trinajstić information content (AvgIpc) is 2.32. The minimum atomic E-state index is -0.997. The molecule has 1 N–H and O–H groups in total. The van der Waals surface area contributed by atoms with Crippen molar-refractivity contribution >= 4 is 17.8 Å². The van der Waals surface area contributed by atoms with E-state index in [0.717, 1.165) is 12.2 Å². The quantitative estimate of drug-likeness (QED) is 0.524. The van der Waals surface area contributed by atoms with Crippen LogP contribution in [0.2, 0.25) is 0 Å². The standard InChI is InChI=1S/C12H17NO5/c1-5-10(15)17-7-12(4,13-9(3)14)8-18-11(16)6-2/h5-6H,1-2,7-8H2,3-4H3,(H,13,14). The van der Waals surface area contributed by atoms with Crippen molar-refractivity contribution in [2.75, 3.05) is 13.2 Å². The number of carbonyl (C=O) groups excluding carboxylic acids is 3. The van der Waals surface area contributed by atoms with Gasteiger partial charge in [0.15, 0.2) is 0 Å². The Labute approximate surface area is 106 Å². The van der Waals surface area contributed by atoms with Crippen LogP contribution in [0.15, 0.2) is 25.3 Å². The summed E-state index contributed by atoms with van der Waals surface area (Å²) in [6.07, 6.45) is 2.01. The molecule has 0 aliphatic carbocycles. The van der Waals surface area contributed by atoms with E-state index in [-0.39, 0.29) is 19.1 Å². The molecule has 0 bridgehead atoms. The lowest BCUT2D eigenvalue weighted by Crippen LogP contribution is -2.52. The zero-order chi connectivity index (χ0) is 14.2. The lowest BCUT2D eigenvalue weighted by atomic mass is 10.1. The van der Waals surface area contributed by atoms with Gasteiger partial charge in [0.05, 0.1) is 0 Å². The maximum absolute atomic E-state index is 11.1. The monoisotopic (exact) mass is 255 g/mol. The Morgan fingerprint density at radius 1 is 1.11 bits per heavy atom. The number of carbonyl (C=O) groups is 3. The third kappa shape index (κ3) is 6.47. The number of amides is 1. The van der Waals surface area contributed by atoms with Crippen LogP contribution in [0.1, 0.15) is 13.8 Å². The third-order valence-electron chi connectivity index (χ3n) is 1.88. The first-order chi connectivity index (χ1) is 8.33. The van der Waals surface area contributed by atoms with Crippen molar-refractivity contribution in [3.05, 3.63) is 25.3 Å². The van der Waals surface area contributed by atoms with Crippen LogP contribution < -0.4 is 5.32 Å². The van der Waals surface area contributed by atoms with Crippen molar-refractivity contribution in [2.24, 2.45) is 0 Å². The molecule has 0 fully saturated rings. The Kier molecular flexibility index (Phi) is 6.41. The minimum absolute atomic E-state index is 0.137. The van der Waals surface area contributed by atoms with Crippen molar-refractivity contribution in [1.29, 1.82) is 0 Å². The summed E-state index contributed by atoms with van der Waals surface area (Å²) in [5.41, 5.74) is -0.997. The summed E-state index contributed by atoms with van der Waals surface area (Å²) >= 11 is 0. The summed E-state index contributed by atoms with van der Waals surface area (Å²) < 4.78 is 9.67. The van der Waals surface area contributed by atoms with Crippen LogP contribution in [-0.2, 0) is 23.9 Å². The number of ether oxygens (including phenoxy) is 2. The number of esters is 2. The molecule has 0 aromatic rings. The molecule has 0 radical (unpaired) electrons. The summed E-state index contributed by atoms with van der Waals surface area (Å²) in [4.78, 5) is 33.0. The second kappa shape index (κ2) is 7.26. The normalized spacial score (nSPS) is 10.1. The fourth-order valence-corrected chi connectivity index (χ4v) is 1.12. The van der Waals surface area contributed by atoms with Gasteiger partial charge in [0.25, 0.3) is 0 Å². The summed E-state index contributed by atoms with van der Waals surface area (Å²) in [5, 5.41) is 2.55. The molecule has 0 saturated heterocycles. The van der Waals surface area contributed by atoms with Gasteiger partial charge in [0.2, 0.25) is 5.91 Å². The molecule has 0 aromatic heterocycles.